The van der Waals surface area contributed by atoms with Crippen LogP contribution < -0.4 is 5.32 Å². The summed E-state index contributed by atoms with van der Waals surface area (Å²) in [5, 5.41) is 5.56. The Kier molecular flexibility index (Phi) is 4.13. The Balaban J connectivity index is 1.77. The Morgan fingerprint density at radius 3 is 2.70 bits per heavy atom. The van der Waals surface area contributed by atoms with E-state index in [4.69, 9.17) is 0 Å². The quantitative estimate of drug-likeness (QED) is 0.924. The van der Waals surface area contributed by atoms with Crippen LogP contribution in [-0.2, 0) is 4.79 Å². The molecule has 1 saturated carbocycles. The molecule has 2 fully saturated rings. The summed E-state index contributed by atoms with van der Waals surface area (Å²) in [6.07, 6.45) is 6.26. The van der Waals surface area contributed by atoms with Crippen molar-refractivity contribution in [2.45, 2.75) is 64.2 Å². The summed E-state index contributed by atoms with van der Waals surface area (Å²) >= 11 is 1.74. The molecule has 3 rings (SSSR count). The number of rotatable bonds is 3. The summed E-state index contributed by atoms with van der Waals surface area (Å²) in [5.74, 6) is 1.15. The molecule has 0 bridgehead atoms. The standard InChI is InChI=1S/C16H24N2OS/c1-3-12-6-8-13(9-7-12)18-15(14-5-4-10-20-14)17-11(2)16(18)19/h4-5,10-13,15,17H,3,6-9H2,1-2H3. The molecule has 3 nitrogen and oxygen atoms in total. The summed E-state index contributed by atoms with van der Waals surface area (Å²) in [7, 11) is 0. The maximum absolute atomic E-state index is 12.5. The number of nitrogens with zero attached hydrogens (tertiary/aromatic N) is 1. The van der Waals surface area contributed by atoms with E-state index < -0.39 is 0 Å². The molecule has 110 valence electrons. The second-order valence-corrected chi connectivity index (χ2v) is 7.11. The first-order valence-corrected chi connectivity index (χ1v) is 8.70. The zero-order chi connectivity index (χ0) is 14.1. The smallest absolute Gasteiger partial charge is 0.241 e. The Hall–Kier alpha value is -0.870. The highest BCUT2D eigenvalue weighted by Crippen LogP contribution is 2.37. The van der Waals surface area contributed by atoms with Crippen LogP contribution in [0.25, 0.3) is 0 Å². The third-order valence-corrected chi connectivity index (χ3v) is 5.84. The molecule has 1 saturated heterocycles. The van der Waals surface area contributed by atoms with Gasteiger partial charge in [-0.15, -0.1) is 11.3 Å². The van der Waals surface area contributed by atoms with E-state index in [-0.39, 0.29) is 18.1 Å². The maximum atomic E-state index is 12.5. The number of hydrogen-bond acceptors (Lipinski definition) is 3. The van der Waals surface area contributed by atoms with Crippen molar-refractivity contribution < 1.29 is 4.79 Å². The largest absolute Gasteiger partial charge is 0.318 e. The lowest BCUT2D eigenvalue weighted by Gasteiger charge is -2.37. The van der Waals surface area contributed by atoms with E-state index in [1.165, 1.54) is 37.0 Å². The van der Waals surface area contributed by atoms with Gasteiger partial charge in [0, 0.05) is 10.9 Å². The zero-order valence-electron chi connectivity index (χ0n) is 12.3. The minimum absolute atomic E-state index is 0.0500. The van der Waals surface area contributed by atoms with Gasteiger partial charge in [0.05, 0.1) is 6.04 Å². The lowest BCUT2D eigenvalue weighted by molar-refractivity contribution is -0.133. The van der Waals surface area contributed by atoms with Crippen LogP contribution in [-0.4, -0.2) is 22.9 Å². The fourth-order valence-electron chi connectivity index (χ4n) is 3.63. The summed E-state index contributed by atoms with van der Waals surface area (Å²) in [5.41, 5.74) is 0. The van der Waals surface area contributed by atoms with Crippen molar-refractivity contribution in [2.75, 3.05) is 0 Å². The molecular weight excluding hydrogens is 268 g/mol. The van der Waals surface area contributed by atoms with Gasteiger partial charge in [-0.1, -0.05) is 19.4 Å². The Bertz CT molecular complexity index is 451. The first-order valence-electron chi connectivity index (χ1n) is 7.82. The molecule has 1 amide bonds. The van der Waals surface area contributed by atoms with Gasteiger partial charge in [0.15, 0.2) is 0 Å². The lowest BCUT2D eigenvalue weighted by Crippen LogP contribution is -2.41. The van der Waals surface area contributed by atoms with Crippen LogP contribution in [0.2, 0.25) is 0 Å². The van der Waals surface area contributed by atoms with Crippen molar-refractivity contribution >= 4 is 17.2 Å². The van der Waals surface area contributed by atoms with Crippen molar-refractivity contribution in [1.82, 2.24) is 10.2 Å². The molecule has 2 aliphatic rings. The van der Waals surface area contributed by atoms with E-state index >= 15 is 0 Å². The van der Waals surface area contributed by atoms with Crippen molar-refractivity contribution in [1.29, 1.82) is 0 Å². The third-order valence-electron chi connectivity index (χ3n) is 4.91. The molecule has 2 unspecified atom stereocenters. The van der Waals surface area contributed by atoms with Crippen LogP contribution in [0.4, 0.5) is 0 Å². The van der Waals surface area contributed by atoms with Crippen LogP contribution in [0.1, 0.15) is 57.0 Å². The molecule has 0 aromatic carbocycles. The minimum Gasteiger partial charge on any atom is -0.318 e. The molecule has 1 aromatic heterocycles. The molecule has 0 spiro atoms. The summed E-state index contributed by atoms with van der Waals surface area (Å²) in [6, 6.07) is 4.58. The van der Waals surface area contributed by atoms with Gasteiger partial charge in [-0.2, -0.15) is 0 Å². The fraction of sp³-hybridized carbons (Fsp3) is 0.688. The summed E-state index contributed by atoms with van der Waals surface area (Å²) in [6.45, 7) is 4.27. The maximum Gasteiger partial charge on any atom is 0.241 e. The lowest BCUT2D eigenvalue weighted by atomic mass is 9.84. The van der Waals surface area contributed by atoms with E-state index in [0.29, 0.717) is 6.04 Å². The van der Waals surface area contributed by atoms with Gasteiger partial charge in [-0.3, -0.25) is 10.1 Å². The molecule has 1 aromatic rings. The van der Waals surface area contributed by atoms with Crippen LogP contribution in [0, 0.1) is 5.92 Å². The average Bonchev–Trinajstić information content (AvgIpc) is 3.09. The van der Waals surface area contributed by atoms with Crippen molar-refractivity contribution in [3.05, 3.63) is 22.4 Å². The first-order chi connectivity index (χ1) is 9.70. The second kappa shape index (κ2) is 5.86. The highest BCUT2D eigenvalue weighted by Gasteiger charge is 2.42. The van der Waals surface area contributed by atoms with E-state index in [1.54, 1.807) is 11.3 Å². The van der Waals surface area contributed by atoms with Gasteiger partial charge >= 0.3 is 0 Å². The Morgan fingerprint density at radius 2 is 2.10 bits per heavy atom. The van der Waals surface area contributed by atoms with E-state index in [1.807, 2.05) is 6.92 Å². The third kappa shape index (κ3) is 2.51. The van der Waals surface area contributed by atoms with Gasteiger partial charge in [-0.05, 0) is 50.0 Å². The SMILES string of the molecule is CCC1CCC(N2C(=O)C(C)NC2c2cccs2)CC1. The number of amides is 1. The van der Waals surface area contributed by atoms with Crippen LogP contribution >= 0.6 is 11.3 Å². The van der Waals surface area contributed by atoms with Gasteiger partial charge in [-0.25, -0.2) is 0 Å². The molecular formula is C16H24N2OS. The van der Waals surface area contributed by atoms with Gasteiger partial charge in [0.1, 0.15) is 6.17 Å². The molecule has 20 heavy (non-hydrogen) atoms. The monoisotopic (exact) mass is 292 g/mol. The summed E-state index contributed by atoms with van der Waals surface area (Å²) < 4.78 is 0. The van der Waals surface area contributed by atoms with Crippen LogP contribution in [0.3, 0.4) is 0 Å². The minimum atomic E-state index is -0.0500. The highest BCUT2D eigenvalue weighted by molar-refractivity contribution is 7.10. The Morgan fingerprint density at radius 1 is 1.35 bits per heavy atom. The van der Waals surface area contributed by atoms with Crippen molar-refractivity contribution in [3.8, 4) is 0 Å². The van der Waals surface area contributed by atoms with E-state index in [9.17, 15) is 4.79 Å². The Labute approximate surface area is 125 Å². The molecule has 1 aliphatic carbocycles. The molecule has 4 heteroatoms. The molecule has 2 atom stereocenters. The second-order valence-electron chi connectivity index (χ2n) is 6.13. The predicted octanol–water partition coefficient (Wildman–Crippen LogP) is 3.54. The summed E-state index contributed by atoms with van der Waals surface area (Å²) in [4.78, 5) is 15.9. The van der Waals surface area contributed by atoms with Crippen molar-refractivity contribution in [2.24, 2.45) is 5.92 Å². The van der Waals surface area contributed by atoms with Gasteiger partial charge in [0.25, 0.3) is 0 Å². The number of nitrogens with one attached hydrogen (secondary N) is 1. The van der Waals surface area contributed by atoms with Crippen LogP contribution in [0.5, 0.6) is 0 Å². The highest BCUT2D eigenvalue weighted by atomic mass is 32.1. The fourth-order valence-corrected chi connectivity index (χ4v) is 4.41. The number of carbonyl (C=O) groups excluding carboxylic acids is 1. The number of hydrogen-bond donors (Lipinski definition) is 1. The molecule has 1 N–H and O–H groups in total. The predicted molar refractivity (Wildman–Crippen MR) is 82.5 cm³/mol. The average molecular weight is 292 g/mol. The zero-order valence-corrected chi connectivity index (χ0v) is 13.2. The molecule has 2 heterocycles. The van der Waals surface area contributed by atoms with Crippen molar-refractivity contribution in [3.63, 3.8) is 0 Å². The topological polar surface area (TPSA) is 32.3 Å². The molecule has 1 aliphatic heterocycles. The van der Waals surface area contributed by atoms with E-state index in [0.717, 1.165) is 5.92 Å². The van der Waals surface area contributed by atoms with Gasteiger partial charge in [0.2, 0.25) is 5.91 Å². The van der Waals surface area contributed by atoms with E-state index in [2.05, 4.69) is 34.7 Å². The first kappa shape index (κ1) is 14.1. The molecule has 0 radical (unpaired) electrons. The van der Waals surface area contributed by atoms with Crippen LogP contribution in [0.15, 0.2) is 17.5 Å². The number of carbonyl (C=O) groups is 1. The number of thiophene rings is 1. The normalized spacial score (nSPS) is 34.7. The van der Waals surface area contributed by atoms with Gasteiger partial charge < -0.3 is 4.90 Å².